The van der Waals surface area contributed by atoms with Crippen molar-refractivity contribution >= 4 is 23.3 Å². The highest BCUT2D eigenvalue weighted by Crippen LogP contribution is 2.47. The van der Waals surface area contributed by atoms with Crippen molar-refractivity contribution in [3.8, 4) is 0 Å². The molecule has 1 amide bonds. The molecular formula is C10H10ClN3O. The summed E-state index contributed by atoms with van der Waals surface area (Å²) in [7, 11) is 0. The summed E-state index contributed by atoms with van der Waals surface area (Å²) in [6.07, 6.45) is 5.67. The molecular weight excluding hydrogens is 214 g/mol. The summed E-state index contributed by atoms with van der Waals surface area (Å²) in [6, 6.07) is 0. The predicted octanol–water partition coefficient (Wildman–Crippen LogP) is 1.89. The number of hydrogen-bond acceptors (Lipinski definition) is 3. The molecule has 1 spiro atoms. The minimum Gasteiger partial charge on any atom is -0.310 e. The van der Waals surface area contributed by atoms with Crippen molar-refractivity contribution in [2.45, 2.75) is 31.1 Å². The second kappa shape index (κ2) is 2.92. The molecule has 3 rings (SSSR count). The van der Waals surface area contributed by atoms with Crippen LogP contribution in [0.2, 0.25) is 5.28 Å². The predicted molar refractivity (Wildman–Crippen MR) is 55.8 cm³/mol. The fourth-order valence-electron chi connectivity index (χ4n) is 2.63. The van der Waals surface area contributed by atoms with E-state index in [1.807, 2.05) is 0 Å². The number of carbonyl (C=O) groups is 1. The van der Waals surface area contributed by atoms with Crippen LogP contribution in [0.25, 0.3) is 0 Å². The topological polar surface area (TPSA) is 54.9 Å². The summed E-state index contributed by atoms with van der Waals surface area (Å²) in [5, 5.41) is 2.98. The lowest BCUT2D eigenvalue weighted by molar-refractivity contribution is -0.120. The normalized spacial score (nSPS) is 21.8. The van der Waals surface area contributed by atoms with Crippen molar-refractivity contribution < 1.29 is 4.79 Å². The maximum absolute atomic E-state index is 11.9. The van der Waals surface area contributed by atoms with Crippen LogP contribution >= 0.6 is 11.6 Å². The first-order valence-electron chi connectivity index (χ1n) is 5.07. The molecule has 1 aliphatic heterocycles. The average Bonchev–Trinajstić information content (AvgIpc) is 2.76. The van der Waals surface area contributed by atoms with Crippen LogP contribution in [-0.4, -0.2) is 15.9 Å². The Hall–Kier alpha value is -1.16. The van der Waals surface area contributed by atoms with Gasteiger partial charge in [0.1, 0.15) is 5.82 Å². The minimum absolute atomic E-state index is 0.0616. The van der Waals surface area contributed by atoms with Gasteiger partial charge in [0.2, 0.25) is 11.2 Å². The molecule has 0 atom stereocenters. The third-order valence-corrected chi connectivity index (χ3v) is 3.58. The van der Waals surface area contributed by atoms with Crippen molar-refractivity contribution in [1.29, 1.82) is 0 Å². The molecule has 15 heavy (non-hydrogen) atoms. The van der Waals surface area contributed by atoms with Gasteiger partial charge >= 0.3 is 0 Å². The van der Waals surface area contributed by atoms with Gasteiger partial charge in [-0.3, -0.25) is 4.79 Å². The highest BCUT2D eigenvalue weighted by molar-refractivity contribution is 6.28. The lowest BCUT2D eigenvalue weighted by Crippen LogP contribution is -2.30. The zero-order valence-electron chi connectivity index (χ0n) is 8.09. The van der Waals surface area contributed by atoms with Crippen molar-refractivity contribution in [2.75, 3.05) is 5.32 Å². The number of hydrogen-bond donors (Lipinski definition) is 1. The van der Waals surface area contributed by atoms with Gasteiger partial charge in [0, 0.05) is 11.8 Å². The molecule has 4 nitrogen and oxygen atoms in total. The van der Waals surface area contributed by atoms with Gasteiger partial charge in [0.15, 0.2) is 0 Å². The average molecular weight is 224 g/mol. The Morgan fingerprint density at radius 3 is 2.87 bits per heavy atom. The van der Waals surface area contributed by atoms with E-state index in [0.29, 0.717) is 5.82 Å². The minimum atomic E-state index is -0.361. The highest BCUT2D eigenvalue weighted by Gasteiger charge is 2.49. The van der Waals surface area contributed by atoms with Gasteiger partial charge in [-0.2, -0.15) is 0 Å². The Labute approximate surface area is 92.1 Å². The number of nitrogens with zero attached hydrogens (tertiary/aromatic N) is 2. The molecule has 0 radical (unpaired) electrons. The third-order valence-electron chi connectivity index (χ3n) is 3.40. The van der Waals surface area contributed by atoms with E-state index in [4.69, 9.17) is 11.6 Å². The molecule has 0 bridgehead atoms. The van der Waals surface area contributed by atoms with Crippen LogP contribution in [0, 0.1) is 0 Å². The number of halogens is 1. The molecule has 2 aliphatic rings. The van der Waals surface area contributed by atoms with Crippen LogP contribution in [0.1, 0.15) is 31.2 Å². The number of nitrogens with one attached hydrogen (secondary N) is 1. The fourth-order valence-corrected chi connectivity index (χ4v) is 2.76. The smallest absolute Gasteiger partial charge is 0.236 e. The number of anilines is 1. The SMILES string of the molecule is O=C1Nc2nc(Cl)ncc2C12CCCC2. The molecule has 0 saturated heterocycles. The molecule has 2 heterocycles. The van der Waals surface area contributed by atoms with Crippen LogP contribution in [-0.2, 0) is 10.2 Å². The molecule has 78 valence electrons. The van der Waals surface area contributed by atoms with Crippen LogP contribution < -0.4 is 5.32 Å². The molecule has 0 aromatic carbocycles. The van der Waals surface area contributed by atoms with E-state index < -0.39 is 0 Å². The Kier molecular flexibility index (Phi) is 1.77. The van der Waals surface area contributed by atoms with E-state index in [-0.39, 0.29) is 16.6 Å². The Morgan fingerprint density at radius 2 is 2.13 bits per heavy atom. The maximum atomic E-state index is 11.9. The van der Waals surface area contributed by atoms with Gasteiger partial charge in [-0.05, 0) is 24.4 Å². The quantitative estimate of drug-likeness (QED) is 0.684. The first-order valence-corrected chi connectivity index (χ1v) is 5.45. The monoisotopic (exact) mass is 223 g/mol. The van der Waals surface area contributed by atoms with Crippen LogP contribution in [0.4, 0.5) is 5.82 Å². The second-order valence-electron chi connectivity index (χ2n) is 4.14. The summed E-state index contributed by atoms with van der Waals surface area (Å²) in [5.41, 5.74) is 0.564. The van der Waals surface area contributed by atoms with Gasteiger partial charge in [-0.1, -0.05) is 12.8 Å². The second-order valence-corrected chi connectivity index (χ2v) is 4.48. The van der Waals surface area contributed by atoms with Crippen LogP contribution in [0.5, 0.6) is 0 Å². The van der Waals surface area contributed by atoms with Crippen LogP contribution in [0.15, 0.2) is 6.20 Å². The summed E-state index contributed by atoms with van der Waals surface area (Å²) < 4.78 is 0. The first-order chi connectivity index (χ1) is 7.22. The van der Waals surface area contributed by atoms with Gasteiger partial charge in [-0.25, -0.2) is 9.97 Å². The van der Waals surface area contributed by atoms with Crippen LogP contribution in [0.3, 0.4) is 0 Å². The largest absolute Gasteiger partial charge is 0.310 e. The Bertz CT molecular complexity index is 440. The third kappa shape index (κ3) is 1.11. The van der Waals surface area contributed by atoms with Crippen molar-refractivity contribution in [1.82, 2.24) is 9.97 Å². The molecule has 1 aromatic heterocycles. The van der Waals surface area contributed by atoms with Gasteiger partial charge < -0.3 is 5.32 Å². The standard InChI is InChI=1S/C10H10ClN3O/c11-9-12-5-6-7(14-9)13-8(15)10(6)3-1-2-4-10/h5H,1-4H2,(H,12,13,14,15). The number of carbonyl (C=O) groups excluding carboxylic acids is 1. The molecule has 5 heteroatoms. The fraction of sp³-hybridized carbons (Fsp3) is 0.500. The van der Waals surface area contributed by atoms with E-state index in [9.17, 15) is 4.79 Å². The number of rotatable bonds is 0. The van der Waals surface area contributed by atoms with Crippen molar-refractivity contribution in [2.24, 2.45) is 0 Å². The van der Waals surface area contributed by atoms with E-state index in [0.717, 1.165) is 31.2 Å². The van der Waals surface area contributed by atoms with E-state index in [2.05, 4.69) is 15.3 Å². The molecule has 0 unspecified atom stereocenters. The van der Waals surface area contributed by atoms with Crippen molar-refractivity contribution in [3.63, 3.8) is 0 Å². The molecule has 1 aliphatic carbocycles. The molecule has 1 N–H and O–H groups in total. The zero-order chi connectivity index (χ0) is 10.5. The lowest BCUT2D eigenvalue weighted by Gasteiger charge is -2.19. The lowest BCUT2D eigenvalue weighted by atomic mass is 9.81. The summed E-state index contributed by atoms with van der Waals surface area (Å²) in [4.78, 5) is 20.0. The summed E-state index contributed by atoms with van der Waals surface area (Å²) in [6.45, 7) is 0. The molecule has 1 fully saturated rings. The van der Waals surface area contributed by atoms with E-state index >= 15 is 0 Å². The maximum Gasteiger partial charge on any atom is 0.236 e. The highest BCUT2D eigenvalue weighted by atomic mass is 35.5. The Morgan fingerprint density at radius 1 is 1.40 bits per heavy atom. The number of amides is 1. The molecule has 1 saturated carbocycles. The number of fused-ring (bicyclic) bond motifs is 2. The van der Waals surface area contributed by atoms with Gasteiger partial charge in [-0.15, -0.1) is 0 Å². The summed E-state index contributed by atoms with van der Waals surface area (Å²) in [5.74, 6) is 0.661. The summed E-state index contributed by atoms with van der Waals surface area (Å²) >= 11 is 5.69. The Balaban J connectivity index is 2.17. The zero-order valence-corrected chi connectivity index (χ0v) is 8.84. The van der Waals surface area contributed by atoms with Gasteiger partial charge in [0.05, 0.1) is 5.41 Å². The molecule has 1 aromatic rings. The van der Waals surface area contributed by atoms with Gasteiger partial charge in [0.25, 0.3) is 0 Å². The van der Waals surface area contributed by atoms with E-state index in [1.165, 1.54) is 0 Å². The number of aromatic nitrogens is 2. The van der Waals surface area contributed by atoms with E-state index in [1.54, 1.807) is 6.20 Å². The first kappa shape index (κ1) is 9.09. The van der Waals surface area contributed by atoms with Crippen molar-refractivity contribution in [3.05, 3.63) is 17.0 Å².